The summed E-state index contributed by atoms with van der Waals surface area (Å²) in [5.41, 5.74) is 2.34. The van der Waals surface area contributed by atoms with Gasteiger partial charge in [0, 0.05) is 6.42 Å². The van der Waals surface area contributed by atoms with E-state index in [1.165, 1.54) is 11.1 Å². The van der Waals surface area contributed by atoms with E-state index in [2.05, 4.69) is 30.4 Å². The molecule has 1 aromatic rings. The van der Waals surface area contributed by atoms with Crippen molar-refractivity contribution in [2.45, 2.75) is 32.1 Å². The second-order valence-corrected chi connectivity index (χ2v) is 5.30. The van der Waals surface area contributed by atoms with Gasteiger partial charge in [-0.3, -0.25) is 4.79 Å². The highest BCUT2D eigenvalue weighted by Gasteiger charge is 2.45. The van der Waals surface area contributed by atoms with Crippen LogP contribution in [0.3, 0.4) is 0 Å². The predicted molar refractivity (Wildman–Crippen MR) is 74.1 cm³/mol. The van der Waals surface area contributed by atoms with Gasteiger partial charge >= 0.3 is 0 Å². The second kappa shape index (κ2) is 4.56. The zero-order valence-corrected chi connectivity index (χ0v) is 10.6. The van der Waals surface area contributed by atoms with E-state index in [1.54, 1.807) is 0 Å². The Morgan fingerprint density at radius 2 is 1.89 bits per heavy atom. The highest BCUT2D eigenvalue weighted by atomic mass is 16.1. The molecule has 3 rings (SSSR count). The lowest BCUT2D eigenvalue weighted by Crippen LogP contribution is -2.24. The molecule has 0 N–H and O–H groups in total. The fourth-order valence-electron chi connectivity index (χ4n) is 3.29. The molecule has 0 saturated heterocycles. The van der Waals surface area contributed by atoms with Crippen molar-refractivity contribution in [3.8, 4) is 0 Å². The van der Waals surface area contributed by atoms with Gasteiger partial charge in [-0.1, -0.05) is 48.6 Å². The Balaban J connectivity index is 1.85. The summed E-state index contributed by atoms with van der Waals surface area (Å²) >= 11 is 0. The van der Waals surface area contributed by atoms with Crippen molar-refractivity contribution in [1.29, 1.82) is 0 Å². The zero-order chi connectivity index (χ0) is 12.4. The number of carbonyl (C=O) groups is 1. The smallest absolute Gasteiger partial charge is 0.143 e. The van der Waals surface area contributed by atoms with Crippen LogP contribution in [0, 0.1) is 5.41 Å². The third-order valence-electron chi connectivity index (χ3n) is 4.28. The first-order chi connectivity index (χ1) is 8.81. The summed E-state index contributed by atoms with van der Waals surface area (Å²) in [6.45, 7) is 0. The molecule has 0 amide bonds. The van der Waals surface area contributed by atoms with Gasteiger partial charge in [-0.15, -0.1) is 0 Å². The van der Waals surface area contributed by atoms with Crippen LogP contribution in [0.5, 0.6) is 0 Å². The summed E-state index contributed by atoms with van der Waals surface area (Å²) in [5, 5.41) is 0. The number of benzene rings is 1. The number of allylic oxidation sites excluding steroid dienone is 3. The van der Waals surface area contributed by atoms with Crippen molar-refractivity contribution in [3.63, 3.8) is 0 Å². The predicted octanol–water partition coefficient (Wildman–Crippen LogP) is 4.16. The average Bonchev–Trinajstić information content (AvgIpc) is 2.97. The van der Waals surface area contributed by atoms with Crippen LogP contribution in [0.25, 0.3) is 6.08 Å². The molecule has 18 heavy (non-hydrogen) atoms. The Kier molecular flexibility index (Phi) is 2.91. The molecule has 0 aromatic heterocycles. The van der Waals surface area contributed by atoms with E-state index in [0.717, 1.165) is 32.1 Å². The third kappa shape index (κ3) is 1.84. The summed E-state index contributed by atoms with van der Waals surface area (Å²) in [7, 11) is 0. The van der Waals surface area contributed by atoms with Crippen LogP contribution in [0.2, 0.25) is 0 Å². The van der Waals surface area contributed by atoms with Crippen LogP contribution < -0.4 is 0 Å². The maximum atomic E-state index is 12.1. The average molecular weight is 238 g/mol. The number of rotatable bonds is 2. The van der Waals surface area contributed by atoms with Crippen LogP contribution in [-0.4, -0.2) is 5.78 Å². The molecule has 0 unspecified atom stereocenters. The van der Waals surface area contributed by atoms with Crippen molar-refractivity contribution in [1.82, 2.24) is 0 Å². The number of hydrogen-bond donors (Lipinski definition) is 0. The minimum Gasteiger partial charge on any atom is -0.299 e. The Bertz CT molecular complexity index is 510. The second-order valence-electron chi connectivity index (χ2n) is 5.30. The fraction of sp³-hybridized carbons (Fsp3) is 0.353. The molecule has 2 aliphatic carbocycles. The molecule has 1 heteroatoms. The highest BCUT2D eigenvalue weighted by Crippen LogP contribution is 2.49. The van der Waals surface area contributed by atoms with Gasteiger partial charge in [0.1, 0.15) is 5.78 Å². The molecule has 1 fully saturated rings. The van der Waals surface area contributed by atoms with Crippen LogP contribution >= 0.6 is 0 Å². The molecule has 1 nitrogen and oxygen atoms in total. The molecule has 0 heterocycles. The van der Waals surface area contributed by atoms with Crippen molar-refractivity contribution < 1.29 is 4.79 Å². The van der Waals surface area contributed by atoms with E-state index in [9.17, 15) is 4.79 Å². The lowest BCUT2D eigenvalue weighted by molar-refractivity contribution is -0.123. The van der Waals surface area contributed by atoms with Crippen molar-refractivity contribution >= 4 is 11.9 Å². The summed E-state index contributed by atoms with van der Waals surface area (Å²) < 4.78 is 0. The van der Waals surface area contributed by atoms with Gasteiger partial charge in [-0.2, -0.15) is 0 Å². The quantitative estimate of drug-likeness (QED) is 0.756. The van der Waals surface area contributed by atoms with Gasteiger partial charge in [0.25, 0.3) is 0 Å². The van der Waals surface area contributed by atoms with Crippen molar-refractivity contribution in [3.05, 3.63) is 53.6 Å². The van der Waals surface area contributed by atoms with Gasteiger partial charge in [0.15, 0.2) is 0 Å². The first-order valence-corrected chi connectivity index (χ1v) is 6.78. The topological polar surface area (TPSA) is 17.1 Å². The molecule has 1 spiro atoms. The van der Waals surface area contributed by atoms with E-state index in [-0.39, 0.29) is 5.41 Å². The lowest BCUT2D eigenvalue weighted by Gasteiger charge is -2.23. The van der Waals surface area contributed by atoms with Crippen LogP contribution in [0.1, 0.15) is 37.7 Å². The molecular formula is C17H18O. The SMILES string of the molecule is O=C1CCC[C@]12CCC=C2/C=C/c1ccccc1. The Morgan fingerprint density at radius 1 is 1.06 bits per heavy atom. The molecule has 1 aromatic carbocycles. The molecule has 92 valence electrons. The number of hydrogen-bond acceptors (Lipinski definition) is 1. The molecule has 1 atom stereocenters. The van der Waals surface area contributed by atoms with Gasteiger partial charge in [-0.25, -0.2) is 0 Å². The fourth-order valence-corrected chi connectivity index (χ4v) is 3.29. The van der Waals surface area contributed by atoms with E-state index in [4.69, 9.17) is 0 Å². The summed E-state index contributed by atoms with van der Waals surface area (Å²) in [6, 6.07) is 10.3. The maximum Gasteiger partial charge on any atom is 0.143 e. The Labute approximate surface area is 108 Å². The van der Waals surface area contributed by atoms with Crippen LogP contribution in [0.15, 0.2) is 48.1 Å². The van der Waals surface area contributed by atoms with E-state index < -0.39 is 0 Å². The van der Waals surface area contributed by atoms with E-state index >= 15 is 0 Å². The Hall–Kier alpha value is -1.63. The van der Waals surface area contributed by atoms with Crippen molar-refractivity contribution in [2.75, 3.05) is 0 Å². The largest absolute Gasteiger partial charge is 0.299 e. The molecule has 0 radical (unpaired) electrons. The molecule has 1 saturated carbocycles. The standard InChI is InChI=1S/C17H18O/c18-16-9-5-13-17(16)12-4-8-15(17)11-10-14-6-2-1-3-7-14/h1-3,6-8,10-11H,4-5,9,12-13H2/b11-10+/t17-/m0/s1. The highest BCUT2D eigenvalue weighted by molar-refractivity contribution is 5.91. The number of carbonyl (C=O) groups excluding carboxylic acids is 1. The normalized spacial score (nSPS) is 27.3. The van der Waals surface area contributed by atoms with Crippen LogP contribution in [0.4, 0.5) is 0 Å². The van der Waals surface area contributed by atoms with Crippen molar-refractivity contribution in [2.24, 2.45) is 5.41 Å². The summed E-state index contributed by atoms with van der Waals surface area (Å²) in [4.78, 5) is 12.1. The maximum absolute atomic E-state index is 12.1. The minimum atomic E-state index is -0.120. The molecule has 0 bridgehead atoms. The minimum absolute atomic E-state index is 0.120. The van der Waals surface area contributed by atoms with Gasteiger partial charge < -0.3 is 0 Å². The van der Waals surface area contributed by atoms with E-state index in [0.29, 0.717) is 5.78 Å². The van der Waals surface area contributed by atoms with Gasteiger partial charge in [-0.05, 0) is 36.8 Å². The van der Waals surface area contributed by atoms with Gasteiger partial charge in [0.2, 0.25) is 0 Å². The molecule has 0 aliphatic heterocycles. The first kappa shape index (κ1) is 11.5. The van der Waals surface area contributed by atoms with Gasteiger partial charge in [0.05, 0.1) is 5.41 Å². The lowest BCUT2D eigenvalue weighted by atomic mass is 9.78. The number of ketones is 1. The monoisotopic (exact) mass is 238 g/mol. The van der Waals surface area contributed by atoms with Crippen LogP contribution in [-0.2, 0) is 4.79 Å². The number of Topliss-reactive ketones (excluding diaryl/α,β-unsaturated/α-hetero) is 1. The summed E-state index contributed by atoms with van der Waals surface area (Å²) in [6.07, 6.45) is 11.5. The molecule has 2 aliphatic rings. The third-order valence-corrected chi connectivity index (χ3v) is 4.28. The Morgan fingerprint density at radius 3 is 2.61 bits per heavy atom. The zero-order valence-electron chi connectivity index (χ0n) is 10.6. The van der Waals surface area contributed by atoms with E-state index in [1.807, 2.05) is 18.2 Å². The summed E-state index contributed by atoms with van der Waals surface area (Å²) in [5.74, 6) is 0.462. The molecular weight excluding hydrogens is 220 g/mol. The first-order valence-electron chi connectivity index (χ1n) is 6.78.